The monoisotopic (exact) mass is 358 g/mol. The molecule has 1 rings (SSSR count). The van der Waals surface area contributed by atoms with Crippen LogP contribution in [0.25, 0.3) is 0 Å². The van der Waals surface area contributed by atoms with Gasteiger partial charge in [-0.25, -0.2) is 13.2 Å². The van der Waals surface area contributed by atoms with Gasteiger partial charge >= 0.3 is 11.9 Å². The van der Waals surface area contributed by atoms with Crippen molar-refractivity contribution in [2.75, 3.05) is 6.54 Å². The fraction of sp³-hybridized carbons (Fsp3) is 0.308. The molecule has 0 spiro atoms. The number of rotatable bonds is 9. The highest BCUT2D eigenvalue weighted by molar-refractivity contribution is 7.89. The van der Waals surface area contributed by atoms with Gasteiger partial charge in [-0.05, 0) is 25.0 Å². The van der Waals surface area contributed by atoms with Gasteiger partial charge in [0.25, 0.3) is 0 Å². The normalized spacial score (nSPS) is 12.3. The standard InChI is InChI=1S/C13H18N4O6S/c14-13(15)16-7-3-5-9(12(20)21)17-24(22,23)10-6-2-1-4-8(10)11(18)19/h1-2,4,6,9,17H,3,5,7H2,(H,18,19)(H,20,21)(H4,14,15,16)/t9-/m1/s1. The van der Waals surface area contributed by atoms with Gasteiger partial charge in [0.05, 0.1) is 10.5 Å². The minimum Gasteiger partial charge on any atom is -0.480 e. The molecule has 0 radical (unpaired) electrons. The number of hydrogen-bond donors (Lipinski definition) is 5. The summed E-state index contributed by atoms with van der Waals surface area (Å²) in [5.41, 5.74) is 9.82. The molecule has 0 fully saturated rings. The summed E-state index contributed by atoms with van der Waals surface area (Å²) in [7, 11) is -4.33. The Labute approximate surface area is 138 Å². The fourth-order valence-electron chi connectivity index (χ4n) is 1.86. The molecule has 11 heteroatoms. The van der Waals surface area contributed by atoms with Crippen LogP contribution in [0.3, 0.4) is 0 Å². The van der Waals surface area contributed by atoms with Crippen LogP contribution in [0.1, 0.15) is 23.2 Å². The largest absolute Gasteiger partial charge is 0.480 e. The van der Waals surface area contributed by atoms with Crippen molar-refractivity contribution in [3.63, 3.8) is 0 Å². The molecule has 0 bridgehead atoms. The number of sulfonamides is 1. The smallest absolute Gasteiger partial charge is 0.337 e. The summed E-state index contributed by atoms with van der Waals surface area (Å²) in [6.45, 7) is 0.138. The Morgan fingerprint density at radius 2 is 1.83 bits per heavy atom. The first-order valence-electron chi connectivity index (χ1n) is 6.78. The number of nitrogens with one attached hydrogen (secondary N) is 1. The van der Waals surface area contributed by atoms with Crippen LogP contribution in [0, 0.1) is 0 Å². The zero-order valence-corrected chi connectivity index (χ0v) is 13.4. The van der Waals surface area contributed by atoms with E-state index in [-0.39, 0.29) is 25.3 Å². The molecule has 0 saturated carbocycles. The predicted molar refractivity (Wildman–Crippen MR) is 85.1 cm³/mol. The van der Waals surface area contributed by atoms with Crippen LogP contribution in [-0.4, -0.2) is 49.1 Å². The second-order valence-corrected chi connectivity index (χ2v) is 6.44. The van der Waals surface area contributed by atoms with Crippen LogP contribution >= 0.6 is 0 Å². The number of aliphatic imine (C=N–C) groups is 1. The Balaban J connectivity index is 2.95. The van der Waals surface area contributed by atoms with E-state index in [1.165, 1.54) is 12.1 Å². The van der Waals surface area contributed by atoms with E-state index in [4.69, 9.17) is 21.7 Å². The van der Waals surface area contributed by atoms with E-state index in [0.717, 1.165) is 12.1 Å². The van der Waals surface area contributed by atoms with Gasteiger partial charge in [-0.2, -0.15) is 4.72 Å². The maximum atomic E-state index is 12.3. The molecule has 1 aromatic carbocycles. The number of benzene rings is 1. The van der Waals surface area contributed by atoms with Crippen molar-refractivity contribution >= 4 is 27.9 Å². The molecule has 0 aliphatic carbocycles. The number of nitrogens with two attached hydrogens (primary N) is 2. The third-order valence-electron chi connectivity index (χ3n) is 2.95. The Morgan fingerprint density at radius 3 is 2.38 bits per heavy atom. The summed E-state index contributed by atoms with van der Waals surface area (Å²) < 4.78 is 26.6. The Bertz CT molecular complexity index is 743. The zero-order chi connectivity index (χ0) is 18.3. The van der Waals surface area contributed by atoms with Gasteiger partial charge < -0.3 is 21.7 Å². The van der Waals surface area contributed by atoms with Crippen molar-refractivity contribution in [2.24, 2.45) is 16.5 Å². The molecule has 7 N–H and O–H groups in total. The van der Waals surface area contributed by atoms with Gasteiger partial charge in [-0.3, -0.25) is 9.79 Å². The molecular formula is C13H18N4O6S. The number of carbonyl (C=O) groups is 2. The summed E-state index contributed by atoms with van der Waals surface area (Å²) >= 11 is 0. The molecule has 1 atom stereocenters. The van der Waals surface area contributed by atoms with E-state index in [9.17, 15) is 18.0 Å². The SMILES string of the molecule is NC(N)=NCCC[C@@H](NS(=O)(=O)c1ccccc1C(=O)O)C(=O)O. The first-order valence-corrected chi connectivity index (χ1v) is 8.26. The van der Waals surface area contributed by atoms with E-state index >= 15 is 0 Å². The molecule has 1 aromatic rings. The van der Waals surface area contributed by atoms with Crippen molar-refractivity contribution in [2.45, 2.75) is 23.8 Å². The molecule has 10 nitrogen and oxygen atoms in total. The van der Waals surface area contributed by atoms with E-state index < -0.39 is 38.5 Å². The molecule has 132 valence electrons. The lowest BCUT2D eigenvalue weighted by molar-refractivity contribution is -0.139. The minimum absolute atomic E-state index is 0.0689. The van der Waals surface area contributed by atoms with E-state index in [2.05, 4.69) is 4.99 Å². The Kier molecular flexibility index (Phi) is 6.68. The number of hydrogen-bond acceptors (Lipinski definition) is 5. The summed E-state index contributed by atoms with van der Waals surface area (Å²) in [5.74, 6) is -2.98. The van der Waals surface area contributed by atoms with E-state index in [1.54, 1.807) is 0 Å². The molecule has 0 aliphatic rings. The minimum atomic E-state index is -4.33. The number of nitrogens with zero attached hydrogens (tertiary/aromatic N) is 1. The molecule has 24 heavy (non-hydrogen) atoms. The van der Waals surface area contributed by atoms with Gasteiger partial charge in [-0.15, -0.1) is 0 Å². The second-order valence-electron chi connectivity index (χ2n) is 4.76. The second kappa shape index (κ2) is 8.26. The summed E-state index contributed by atoms with van der Waals surface area (Å²) in [6, 6.07) is 3.48. The van der Waals surface area contributed by atoms with Crippen molar-refractivity contribution in [3.05, 3.63) is 29.8 Å². The number of carboxylic acids is 2. The van der Waals surface area contributed by atoms with Crippen LogP contribution in [0.2, 0.25) is 0 Å². The number of aliphatic carboxylic acids is 1. The van der Waals surface area contributed by atoms with Crippen molar-refractivity contribution < 1.29 is 28.2 Å². The third-order valence-corrected chi connectivity index (χ3v) is 4.48. The summed E-state index contributed by atoms with van der Waals surface area (Å²) in [5, 5.41) is 18.2. The van der Waals surface area contributed by atoms with Gasteiger partial charge in [0.1, 0.15) is 6.04 Å². The summed E-state index contributed by atoms with van der Waals surface area (Å²) in [6.07, 6.45) is 0.151. The topological polar surface area (TPSA) is 185 Å². The first-order chi connectivity index (χ1) is 11.1. The molecular weight excluding hydrogens is 340 g/mol. The van der Waals surface area contributed by atoms with Gasteiger partial charge in [0.2, 0.25) is 10.0 Å². The Hall–Kier alpha value is -2.66. The highest BCUT2D eigenvalue weighted by atomic mass is 32.2. The molecule has 0 aliphatic heterocycles. The van der Waals surface area contributed by atoms with Crippen molar-refractivity contribution in [3.8, 4) is 0 Å². The van der Waals surface area contributed by atoms with Crippen LogP contribution in [-0.2, 0) is 14.8 Å². The van der Waals surface area contributed by atoms with Gasteiger partial charge in [-0.1, -0.05) is 12.1 Å². The first kappa shape index (κ1) is 19.4. The molecule has 0 amide bonds. The molecule has 0 saturated heterocycles. The third kappa shape index (κ3) is 5.52. The van der Waals surface area contributed by atoms with Crippen molar-refractivity contribution in [1.29, 1.82) is 0 Å². The maximum Gasteiger partial charge on any atom is 0.337 e. The van der Waals surface area contributed by atoms with Gasteiger partial charge in [0.15, 0.2) is 5.96 Å². The number of aromatic carboxylic acids is 1. The highest BCUT2D eigenvalue weighted by Crippen LogP contribution is 2.16. The summed E-state index contributed by atoms with van der Waals surface area (Å²) in [4.78, 5) is 25.5. The van der Waals surface area contributed by atoms with Crippen LogP contribution in [0.15, 0.2) is 34.2 Å². The molecule has 0 aromatic heterocycles. The van der Waals surface area contributed by atoms with Crippen LogP contribution in [0.4, 0.5) is 0 Å². The average Bonchev–Trinajstić information content (AvgIpc) is 2.49. The van der Waals surface area contributed by atoms with E-state index in [0.29, 0.717) is 0 Å². The highest BCUT2D eigenvalue weighted by Gasteiger charge is 2.28. The zero-order valence-electron chi connectivity index (χ0n) is 12.5. The lowest BCUT2D eigenvalue weighted by Crippen LogP contribution is -2.41. The van der Waals surface area contributed by atoms with Crippen LogP contribution in [0.5, 0.6) is 0 Å². The van der Waals surface area contributed by atoms with Crippen molar-refractivity contribution in [1.82, 2.24) is 4.72 Å². The quantitative estimate of drug-likeness (QED) is 0.215. The predicted octanol–water partition coefficient (Wildman–Crippen LogP) is -0.830. The maximum absolute atomic E-state index is 12.3. The van der Waals surface area contributed by atoms with Gasteiger partial charge in [0, 0.05) is 6.54 Å². The molecule has 0 unspecified atom stereocenters. The van der Waals surface area contributed by atoms with Crippen LogP contribution < -0.4 is 16.2 Å². The fourth-order valence-corrected chi connectivity index (χ4v) is 3.29. The lowest BCUT2D eigenvalue weighted by Gasteiger charge is -2.15. The number of guanidine groups is 1. The number of carboxylic acid groups (broad SMARTS) is 2. The Morgan fingerprint density at radius 1 is 1.21 bits per heavy atom. The average molecular weight is 358 g/mol. The molecule has 0 heterocycles. The lowest BCUT2D eigenvalue weighted by atomic mass is 10.2. The van der Waals surface area contributed by atoms with E-state index in [1.807, 2.05) is 4.72 Å².